The molecule has 226 valence electrons. The van der Waals surface area contributed by atoms with E-state index in [9.17, 15) is 10.2 Å². The third-order valence-electron chi connectivity index (χ3n) is 7.37. The number of hydrogen-bond donors (Lipinski definition) is 2. The van der Waals surface area contributed by atoms with Gasteiger partial charge in [0.05, 0.1) is 39.6 Å². The van der Waals surface area contributed by atoms with Crippen molar-refractivity contribution >= 4 is 15.9 Å². The Kier molecular flexibility index (Phi) is 10.1. The second-order valence-corrected chi connectivity index (χ2v) is 13.8. The van der Waals surface area contributed by atoms with E-state index in [1.807, 2.05) is 36.4 Å². The molecule has 42 heavy (non-hydrogen) atoms. The maximum absolute atomic E-state index is 11.3. The van der Waals surface area contributed by atoms with Crippen LogP contribution in [-0.2, 0) is 64.7 Å². The molecule has 1 aliphatic rings. The number of ether oxygens (including phenoxy) is 4. The Labute approximate surface area is 258 Å². The van der Waals surface area contributed by atoms with Crippen LogP contribution in [0.4, 0.5) is 0 Å². The number of phenols is 2. The third-order valence-corrected chi connectivity index (χ3v) is 7.82. The van der Waals surface area contributed by atoms with Crippen LogP contribution in [0, 0.1) is 0 Å². The minimum atomic E-state index is -0.146. The SMILES string of the molecule is C=CCOc1c2cc(Br)cc1COCc1cc(C(C)(C)C)cc(c1O)COCc1cc(C(C)(C)C)cc(c1O)COC2. The molecule has 0 atom stereocenters. The molecule has 0 aliphatic carbocycles. The molecule has 6 nitrogen and oxygen atoms in total. The summed E-state index contributed by atoms with van der Waals surface area (Å²) in [6, 6.07) is 11.9. The van der Waals surface area contributed by atoms with Crippen LogP contribution >= 0.6 is 15.9 Å². The number of aromatic hydroxyl groups is 2. The fourth-order valence-corrected chi connectivity index (χ4v) is 5.45. The Hall–Kier alpha value is -2.84. The van der Waals surface area contributed by atoms with Gasteiger partial charge in [0.2, 0.25) is 0 Å². The van der Waals surface area contributed by atoms with Crippen LogP contribution in [0.3, 0.4) is 0 Å². The molecule has 1 heterocycles. The minimum absolute atomic E-state index is 0.146. The van der Waals surface area contributed by atoms with Crippen LogP contribution in [0.5, 0.6) is 17.2 Å². The number of phenolic OH excluding ortho intramolecular Hbond substituents is 2. The monoisotopic (exact) mass is 638 g/mol. The van der Waals surface area contributed by atoms with E-state index in [-0.39, 0.29) is 62.0 Å². The van der Waals surface area contributed by atoms with Crippen LogP contribution in [0.2, 0.25) is 0 Å². The van der Waals surface area contributed by atoms with Crippen molar-refractivity contribution in [2.45, 2.75) is 92.0 Å². The number of rotatable bonds is 3. The molecule has 0 amide bonds. The van der Waals surface area contributed by atoms with Crippen molar-refractivity contribution in [2.75, 3.05) is 6.61 Å². The molecule has 0 radical (unpaired) electrons. The van der Waals surface area contributed by atoms with Crippen molar-refractivity contribution in [3.8, 4) is 17.2 Å². The molecule has 0 aromatic heterocycles. The lowest BCUT2D eigenvalue weighted by Crippen LogP contribution is -2.14. The highest BCUT2D eigenvalue weighted by Gasteiger charge is 2.22. The number of benzene rings is 3. The summed E-state index contributed by atoms with van der Waals surface area (Å²) in [6.07, 6.45) is 1.70. The van der Waals surface area contributed by atoms with Crippen molar-refractivity contribution in [1.29, 1.82) is 0 Å². The molecular weight excluding hydrogens is 596 g/mol. The maximum Gasteiger partial charge on any atom is 0.130 e. The maximum atomic E-state index is 11.3. The van der Waals surface area contributed by atoms with Crippen molar-refractivity contribution < 1.29 is 29.2 Å². The predicted octanol–water partition coefficient (Wildman–Crippen LogP) is 8.48. The van der Waals surface area contributed by atoms with E-state index in [0.717, 1.165) is 26.7 Å². The van der Waals surface area contributed by atoms with E-state index in [2.05, 4.69) is 64.1 Å². The Balaban J connectivity index is 1.82. The van der Waals surface area contributed by atoms with Gasteiger partial charge in [-0.25, -0.2) is 0 Å². The number of fused-ring (bicyclic) bond motifs is 6. The molecule has 6 bridgehead atoms. The van der Waals surface area contributed by atoms with Crippen molar-refractivity contribution in [3.63, 3.8) is 0 Å². The first-order valence-electron chi connectivity index (χ1n) is 14.3. The summed E-state index contributed by atoms with van der Waals surface area (Å²) in [4.78, 5) is 0. The van der Waals surface area contributed by atoms with E-state index in [0.29, 0.717) is 34.6 Å². The number of hydrogen-bond acceptors (Lipinski definition) is 6. The zero-order valence-electron chi connectivity index (χ0n) is 25.6. The molecule has 3 aromatic carbocycles. The zero-order valence-corrected chi connectivity index (χ0v) is 27.2. The first kappa shape index (κ1) is 32.1. The lowest BCUT2D eigenvalue weighted by molar-refractivity contribution is 0.0923. The average Bonchev–Trinajstić information content (AvgIpc) is 2.89. The summed E-state index contributed by atoms with van der Waals surface area (Å²) in [7, 11) is 0. The highest BCUT2D eigenvalue weighted by molar-refractivity contribution is 9.10. The predicted molar refractivity (Wildman–Crippen MR) is 169 cm³/mol. The van der Waals surface area contributed by atoms with Crippen LogP contribution < -0.4 is 4.74 Å². The Bertz CT molecular complexity index is 1330. The molecule has 0 fully saturated rings. The fraction of sp³-hybridized carbons (Fsp3) is 0.429. The van der Waals surface area contributed by atoms with E-state index in [4.69, 9.17) is 18.9 Å². The normalized spacial score (nSPS) is 15.0. The molecule has 2 N–H and O–H groups in total. The van der Waals surface area contributed by atoms with Crippen LogP contribution in [0.15, 0.2) is 53.5 Å². The van der Waals surface area contributed by atoms with Crippen LogP contribution in [0.1, 0.15) is 86.1 Å². The Morgan fingerprint density at radius 1 is 0.667 bits per heavy atom. The third kappa shape index (κ3) is 7.75. The molecule has 0 unspecified atom stereocenters. The summed E-state index contributed by atoms with van der Waals surface area (Å²) in [6.45, 7) is 18.3. The zero-order chi connectivity index (χ0) is 30.7. The van der Waals surface area contributed by atoms with Gasteiger partial charge in [-0.3, -0.25) is 0 Å². The molecule has 0 saturated carbocycles. The van der Waals surface area contributed by atoms with Gasteiger partial charge in [0.15, 0.2) is 0 Å². The highest BCUT2D eigenvalue weighted by atomic mass is 79.9. The molecule has 3 aromatic rings. The molecule has 7 heteroatoms. The quantitative estimate of drug-likeness (QED) is 0.280. The lowest BCUT2D eigenvalue weighted by atomic mass is 9.84. The fourth-order valence-electron chi connectivity index (χ4n) is 4.89. The minimum Gasteiger partial charge on any atom is -0.507 e. The largest absolute Gasteiger partial charge is 0.507 e. The standard InChI is InChI=1S/C35H43BrO6/c1-8-9-42-33-26-14-30(36)15-27(33)21-41-19-25-13-29(35(5,6)7)11-23(32(25)38)17-39-16-22-10-28(34(2,3)4)12-24(31(22)37)18-40-20-26/h8,10-15,37-38H,1,9,16-21H2,2-7H3. The first-order chi connectivity index (χ1) is 19.8. The Morgan fingerprint density at radius 2 is 1.00 bits per heavy atom. The molecule has 1 aliphatic heterocycles. The van der Waals surface area contributed by atoms with Gasteiger partial charge in [0.25, 0.3) is 0 Å². The van der Waals surface area contributed by atoms with Gasteiger partial charge in [-0.2, -0.15) is 0 Å². The van der Waals surface area contributed by atoms with Gasteiger partial charge >= 0.3 is 0 Å². The van der Waals surface area contributed by atoms with Gasteiger partial charge in [0.1, 0.15) is 23.9 Å². The van der Waals surface area contributed by atoms with Crippen LogP contribution in [0.25, 0.3) is 0 Å². The summed E-state index contributed by atoms with van der Waals surface area (Å²) in [5, 5.41) is 22.5. The van der Waals surface area contributed by atoms with E-state index in [1.165, 1.54) is 0 Å². The Morgan fingerprint density at radius 3 is 1.31 bits per heavy atom. The van der Waals surface area contributed by atoms with Gasteiger partial charge in [-0.05, 0) is 58.4 Å². The average molecular weight is 640 g/mol. The topological polar surface area (TPSA) is 77.4 Å². The summed E-state index contributed by atoms with van der Waals surface area (Å²) >= 11 is 3.63. The van der Waals surface area contributed by atoms with E-state index in [1.54, 1.807) is 6.08 Å². The molecular formula is C35H43BrO6. The van der Waals surface area contributed by atoms with Crippen molar-refractivity contribution in [2.24, 2.45) is 0 Å². The van der Waals surface area contributed by atoms with Crippen LogP contribution in [-0.4, -0.2) is 16.8 Å². The lowest BCUT2D eigenvalue weighted by Gasteiger charge is -2.24. The first-order valence-corrected chi connectivity index (χ1v) is 15.1. The summed E-state index contributed by atoms with van der Waals surface area (Å²) in [5.41, 5.74) is 6.28. The molecule has 0 saturated heterocycles. The van der Waals surface area contributed by atoms with Crippen molar-refractivity contribution in [1.82, 2.24) is 0 Å². The second kappa shape index (κ2) is 13.2. The highest BCUT2D eigenvalue weighted by Crippen LogP contribution is 2.36. The second-order valence-electron chi connectivity index (χ2n) is 12.9. The summed E-state index contributed by atoms with van der Waals surface area (Å²) < 4.78 is 25.4. The van der Waals surface area contributed by atoms with Crippen molar-refractivity contribution in [3.05, 3.63) is 98.0 Å². The van der Waals surface area contributed by atoms with Gasteiger partial charge in [0, 0.05) is 37.9 Å². The molecule has 0 spiro atoms. The van der Waals surface area contributed by atoms with E-state index >= 15 is 0 Å². The van der Waals surface area contributed by atoms with E-state index < -0.39 is 0 Å². The summed E-state index contributed by atoms with van der Waals surface area (Å²) in [5.74, 6) is 0.988. The number of halogens is 1. The van der Waals surface area contributed by atoms with Gasteiger partial charge < -0.3 is 29.2 Å². The smallest absolute Gasteiger partial charge is 0.130 e. The van der Waals surface area contributed by atoms with Gasteiger partial charge in [-0.1, -0.05) is 70.1 Å². The molecule has 4 rings (SSSR count). The van der Waals surface area contributed by atoms with Gasteiger partial charge in [-0.15, -0.1) is 0 Å².